The molecule has 1 saturated carbocycles. The van der Waals surface area contributed by atoms with E-state index < -0.39 is 10.0 Å². The molecule has 0 aliphatic heterocycles. The summed E-state index contributed by atoms with van der Waals surface area (Å²) in [6.07, 6.45) is 2.95. The van der Waals surface area contributed by atoms with Crippen LogP contribution in [-0.2, 0) is 16.4 Å². The molecular formula is C16H20N2O2S2. The van der Waals surface area contributed by atoms with Crippen molar-refractivity contribution in [2.45, 2.75) is 38.1 Å². The summed E-state index contributed by atoms with van der Waals surface area (Å²) in [6.45, 7) is 1.85. The van der Waals surface area contributed by atoms with E-state index in [0.717, 1.165) is 16.3 Å². The predicted molar refractivity (Wildman–Crippen MR) is 89.6 cm³/mol. The Morgan fingerprint density at radius 3 is 2.73 bits per heavy atom. The highest BCUT2D eigenvalue weighted by Gasteiger charge is 2.27. The Balaban J connectivity index is 1.57. The topological polar surface area (TPSA) is 59.1 Å². The average molecular weight is 336 g/mol. The Kier molecular flexibility index (Phi) is 4.61. The SMILES string of the molecule is CC(NS(=O)(=O)CCc1ccccc1)c1csc(C2CC2)n1. The first-order chi connectivity index (χ1) is 10.5. The fourth-order valence-electron chi connectivity index (χ4n) is 2.30. The number of rotatable bonds is 7. The molecule has 4 nitrogen and oxygen atoms in total. The second kappa shape index (κ2) is 6.48. The zero-order valence-corrected chi connectivity index (χ0v) is 14.2. The van der Waals surface area contributed by atoms with Gasteiger partial charge in [-0.1, -0.05) is 30.3 Å². The minimum absolute atomic E-state index is 0.0982. The molecule has 1 N–H and O–H groups in total. The van der Waals surface area contributed by atoms with E-state index in [2.05, 4.69) is 9.71 Å². The molecule has 1 aliphatic rings. The molecule has 0 amide bonds. The zero-order valence-electron chi connectivity index (χ0n) is 12.5. The molecule has 22 heavy (non-hydrogen) atoms. The molecule has 0 spiro atoms. The first kappa shape index (κ1) is 15.6. The molecule has 1 fully saturated rings. The second-order valence-electron chi connectivity index (χ2n) is 5.78. The molecule has 1 aliphatic carbocycles. The van der Waals surface area contributed by atoms with Gasteiger partial charge in [0.1, 0.15) is 0 Å². The number of nitrogens with zero attached hydrogens (tertiary/aromatic N) is 1. The van der Waals surface area contributed by atoms with Crippen molar-refractivity contribution >= 4 is 21.4 Å². The van der Waals surface area contributed by atoms with Crippen molar-refractivity contribution in [2.75, 3.05) is 5.75 Å². The van der Waals surface area contributed by atoms with Gasteiger partial charge in [-0.3, -0.25) is 0 Å². The number of aryl methyl sites for hydroxylation is 1. The van der Waals surface area contributed by atoms with Gasteiger partial charge in [0, 0.05) is 11.3 Å². The number of sulfonamides is 1. The van der Waals surface area contributed by atoms with E-state index in [1.54, 1.807) is 11.3 Å². The lowest BCUT2D eigenvalue weighted by Crippen LogP contribution is -2.30. The van der Waals surface area contributed by atoms with Crippen molar-refractivity contribution < 1.29 is 8.42 Å². The van der Waals surface area contributed by atoms with Crippen molar-refractivity contribution in [3.8, 4) is 0 Å². The van der Waals surface area contributed by atoms with Crippen LogP contribution in [0.1, 0.15) is 48.0 Å². The molecule has 1 atom stereocenters. The summed E-state index contributed by atoms with van der Waals surface area (Å²) >= 11 is 1.64. The van der Waals surface area contributed by atoms with E-state index >= 15 is 0 Å². The molecule has 1 unspecified atom stereocenters. The third-order valence-electron chi connectivity index (χ3n) is 3.77. The van der Waals surface area contributed by atoms with Crippen LogP contribution in [0, 0.1) is 0 Å². The van der Waals surface area contributed by atoms with E-state index in [4.69, 9.17) is 0 Å². The van der Waals surface area contributed by atoms with Gasteiger partial charge in [-0.05, 0) is 31.7 Å². The van der Waals surface area contributed by atoms with Gasteiger partial charge in [0.05, 0.1) is 22.5 Å². The number of hydrogen-bond acceptors (Lipinski definition) is 4. The van der Waals surface area contributed by atoms with Gasteiger partial charge >= 0.3 is 0 Å². The van der Waals surface area contributed by atoms with Gasteiger partial charge in [-0.15, -0.1) is 11.3 Å². The lowest BCUT2D eigenvalue weighted by molar-refractivity contribution is 0.563. The highest BCUT2D eigenvalue weighted by molar-refractivity contribution is 7.89. The van der Waals surface area contributed by atoms with Crippen LogP contribution in [-0.4, -0.2) is 19.2 Å². The van der Waals surface area contributed by atoms with Crippen molar-refractivity contribution in [2.24, 2.45) is 0 Å². The van der Waals surface area contributed by atoms with Gasteiger partial charge in [0.15, 0.2) is 0 Å². The summed E-state index contributed by atoms with van der Waals surface area (Å²) in [7, 11) is -3.31. The molecule has 0 saturated heterocycles. The van der Waals surface area contributed by atoms with Crippen molar-refractivity contribution in [3.63, 3.8) is 0 Å². The van der Waals surface area contributed by atoms with Gasteiger partial charge < -0.3 is 0 Å². The number of hydrogen-bond donors (Lipinski definition) is 1. The first-order valence-electron chi connectivity index (χ1n) is 7.53. The molecule has 3 rings (SSSR count). The van der Waals surface area contributed by atoms with Gasteiger partial charge in [-0.25, -0.2) is 18.1 Å². The van der Waals surface area contributed by atoms with Crippen molar-refractivity contribution in [1.29, 1.82) is 0 Å². The van der Waals surface area contributed by atoms with E-state index in [9.17, 15) is 8.42 Å². The molecule has 0 bridgehead atoms. The van der Waals surface area contributed by atoms with Crippen LogP contribution >= 0.6 is 11.3 Å². The van der Waals surface area contributed by atoms with E-state index in [0.29, 0.717) is 12.3 Å². The fraction of sp³-hybridized carbons (Fsp3) is 0.438. The Morgan fingerprint density at radius 1 is 1.32 bits per heavy atom. The van der Waals surface area contributed by atoms with Crippen LogP contribution in [0.15, 0.2) is 35.7 Å². The molecule has 6 heteroatoms. The van der Waals surface area contributed by atoms with Crippen molar-refractivity contribution in [3.05, 3.63) is 52.0 Å². The largest absolute Gasteiger partial charge is 0.244 e. The Morgan fingerprint density at radius 2 is 2.05 bits per heavy atom. The van der Waals surface area contributed by atoms with E-state index in [1.807, 2.05) is 42.6 Å². The highest BCUT2D eigenvalue weighted by Crippen LogP contribution is 2.41. The average Bonchev–Trinajstić information content (AvgIpc) is 3.23. The third-order valence-corrected chi connectivity index (χ3v) is 6.25. The summed E-state index contributed by atoms with van der Waals surface area (Å²) in [5.74, 6) is 0.710. The number of thiazole rings is 1. The summed E-state index contributed by atoms with van der Waals surface area (Å²) in [5.41, 5.74) is 1.86. The monoisotopic (exact) mass is 336 g/mol. The summed E-state index contributed by atoms with van der Waals surface area (Å²) in [5, 5.41) is 3.11. The summed E-state index contributed by atoms with van der Waals surface area (Å²) < 4.78 is 27.1. The van der Waals surface area contributed by atoms with Gasteiger partial charge in [0.25, 0.3) is 0 Å². The highest BCUT2D eigenvalue weighted by atomic mass is 32.2. The molecule has 2 aromatic rings. The molecule has 1 heterocycles. The van der Waals surface area contributed by atoms with Gasteiger partial charge in [0.2, 0.25) is 10.0 Å². The van der Waals surface area contributed by atoms with Crippen LogP contribution in [0.5, 0.6) is 0 Å². The van der Waals surface area contributed by atoms with Crippen LogP contribution in [0.4, 0.5) is 0 Å². The van der Waals surface area contributed by atoms with Crippen LogP contribution in [0.25, 0.3) is 0 Å². The van der Waals surface area contributed by atoms with Crippen molar-refractivity contribution in [1.82, 2.24) is 9.71 Å². The number of aromatic nitrogens is 1. The maximum absolute atomic E-state index is 12.2. The normalized spacial score (nSPS) is 16.6. The third kappa shape index (κ3) is 4.15. The lowest BCUT2D eigenvalue weighted by atomic mass is 10.2. The Labute approximate surface area is 135 Å². The maximum Gasteiger partial charge on any atom is 0.212 e. The van der Waals surface area contributed by atoms with Gasteiger partial charge in [-0.2, -0.15) is 0 Å². The quantitative estimate of drug-likeness (QED) is 0.844. The van der Waals surface area contributed by atoms with Crippen LogP contribution in [0.2, 0.25) is 0 Å². The summed E-state index contributed by atoms with van der Waals surface area (Å²) in [4.78, 5) is 4.57. The molecular weight excluding hydrogens is 316 g/mol. The maximum atomic E-state index is 12.2. The molecule has 0 radical (unpaired) electrons. The Bertz CT molecular complexity index is 722. The molecule has 118 valence electrons. The fourth-order valence-corrected chi connectivity index (χ4v) is 4.67. The number of benzene rings is 1. The smallest absolute Gasteiger partial charge is 0.212 e. The summed E-state index contributed by atoms with van der Waals surface area (Å²) in [6, 6.07) is 9.39. The van der Waals surface area contributed by atoms with E-state index in [-0.39, 0.29) is 11.8 Å². The van der Waals surface area contributed by atoms with Crippen LogP contribution in [0.3, 0.4) is 0 Å². The zero-order chi connectivity index (χ0) is 15.6. The predicted octanol–water partition coefficient (Wildman–Crippen LogP) is 3.24. The lowest BCUT2D eigenvalue weighted by Gasteiger charge is -2.12. The minimum Gasteiger partial charge on any atom is -0.244 e. The minimum atomic E-state index is -3.31. The van der Waals surface area contributed by atoms with Crippen LogP contribution < -0.4 is 4.72 Å². The first-order valence-corrected chi connectivity index (χ1v) is 10.1. The second-order valence-corrected chi connectivity index (χ2v) is 8.54. The molecule has 1 aromatic carbocycles. The number of nitrogens with one attached hydrogen (secondary N) is 1. The standard InChI is InChI=1S/C16H20N2O2S2/c1-12(15-11-21-16(17-15)14-7-8-14)18-22(19,20)10-9-13-5-3-2-4-6-13/h2-6,11-12,14,18H,7-10H2,1H3. The Hall–Kier alpha value is -1.24. The van der Waals surface area contributed by atoms with E-state index in [1.165, 1.54) is 12.8 Å². The molecule has 1 aromatic heterocycles.